The van der Waals surface area contributed by atoms with Crippen LogP contribution >= 0.6 is 0 Å². The van der Waals surface area contributed by atoms with E-state index >= 15 is 0 Å². The van der Waals surface area contributed by atoms with Crippen molar-refractivity contribution in [2.24, 2.45) is 5.92 Å². The number of hydrogen-bond donors (Lipinski definition) is 2. The topological polar surface area (TPSA) is 44.4 Å². The van der Waals surface area contributed by atoms with Gasteiger partial charge < -0.3 is 15.5 Å². The molecule has 0 aromatic heterocycles. The first-order valence-electron chi connectivity index (χ1n) is 5.01. The Bertz CT molecular complexity index is 203. The standard InChI is InChI=1S/C9H17N3O/c1-7-4-10-2-3-12(7)9(13)8-5-11-6-8/h7-8,10-11H,2-6H2,1H3/t7-/m1/s1. The Morgan fingerprint density at radius 2 is 2.08 bits per heavy atom. The normalized spacial score (nSPS) is 29.9. The molecule has 0 aromatic carbocycles. The van der Waals surface area contributed by atoms with Crippen LogP contribution in [0.15, 0.2) is 0 Å². The van der Waals surface area contributed by atoms with E-state index in [4.69, 9.17) is 0 Å². The van der Waals surface area contributed by atoms with Gasteiger partial charge in [-0.2, -0.15) is 0 Å². The average Bonchev–Trinajstić information content (AvgIpc) is 2.01. The van der Waals surface area contributed by atoms with Crippen LogP contribution in [0.5, 0.6) is 0 Å². The van der Waals surface area contributed by atoms with Crippen LogP contribution in [0.25, 0.3) is 0 Å². The number of carbonyl (C=O) groups excluding carboxylic acids is 1. The van der Waals surface area contributed by atoms with Crippen molar-refractivity contribution in [1.29, 1.82) is 0 Å². The summed E-state index contributed by atoms with van der Waals surface area (Å²) >= 11 is 0. The molecule has 0 aromatic rings. The average molecular weight is 183 g/mol. The summed E-state index contributed by atoms with van der Waals surface area (Å²) in [5.41, 5.74) is 0. The molecule has 2 rings (SSSR count). The zero-order chi connectivity index (χ0) is 9.26. The molecule has 1 atom stereocenters. The van der Waals surface area contributed by atoms with Gasteiger partial charge in [-0.25, -0.2) is 0 Å². The van der Waals surface area contributed by atoms with E-state index in [-0.39, 0.29) is 5.92 Å². The fourth-order valence-corrected chi connectivity index (χ4v) is 1.87. The third-order valence-electron chi connectivity index (χ3n) is 2.92. The molecule has 2 aliphatic rings. The third kappa shape index (κ3) is 1.69. The lowest BCUT2D eigenvalue weighted by Gasteiger charge is -2.38. The Hall–Kier alpha value is -0.610. The van der Waals surface area contributed by atoms with Gasteiger partial charge in [0.2, 0.25) is 5.91 Å². The van der Waals surface area contributed by atoms with Crippen LogP contribution < -0.4 is 10.6 Å². The molecule has 0 spiro atoms. The number of amides is 1. The summed E-state index contributed by atoms with van der Waals surface area (Å²) in [6.07, 6.45) is 0. The lowest BCUT2D eigenvalue weighted by Crippen LogP contribution is -2.58. The molecular weight excluding hydrogens is 166 g/mol. The van der Waals surface area contributed by atoms with Gasteiger partial charge in [-0.05, 0) is 6.92 Å². The van der Waals surface area contributed by atoms with E-state index in [1.165, 1.54) is 0 Å². The molecule has 2 aliphatic heterocycles. The van der Waals surface area contributed by atoms with Crippen LogP contribution in [-0.4, -0.2) is 49.6 Å². The number of carbonyl (C=O) groups is 1. The smallest absolute Gasteiger partial charge is 0.228 e. The highest BCUT2D eigenvalue weighted by Crippen LogP contribution is 2.12. The van der Waals surface area contributed by atoms with Crippen molar-refractivity contribution in [3.05, 3.63) is 0 Å². The van der Waals surface area contributed by atoms with Crippen LogP contribution in [0.4, 0.5) is 0 Å². The zero-order valence-corrected chi connectivity index (χ0v) is 8.05. The molecule has 0 unspecified atom stereocenters. The Morgan fingerprint density at radius 1 is 1.31 bits per heavy atom. The fourth-order valence-electron chi connectivity index (χ4n) is 1.87. The van der Waals surface area contributed by atoms with Gasteiger partial charge in [0.05, 0.1) is 5.92 Å². The Balaban J connectivity index is 1.93. The minimum Gasteiger partial charge on any atom is -0.337 e. The first-order valence-corrected chi connectivity index (χ1v) is 5.01. The van der Waals surface area contributed by atoms with Gasteiger partial charge in [-0.3, -0.25) is 4.79 Å². The summed E-state index contributed by atoms with van der Waals surface area (Å²) in [6.45, 7) is 6.60. The predicted octanol–water partition coefficient (Wildman–Crippen LogP) is -0.974. The predicted molar refractivity (Wildman–Crippen MR) is 50.4 cm³/mol. The summed E-state index contributed by atoms with van der Waals surface area (Å²) in [5, 5.41) is 6.42. The van der Waals surface area contributed by atoms with E-state index in [9.17, 15) is 4.79 Å². The van der Waals surface area contributed by atoms with Crippen LogP contribution in [0.3, 0.4) is 0 Å². The number of hydrogen-bond acceptors (Lipinski definition) is 3. The van der Waals surface area contributed by atoms with Gasteiger partial charge in [0.1, 0.15) is 0 Å². The molecule has 2 fully saturated rings. The summed E-state index contributed by atoms with van der Waals surface area (Å²) < 4.78 is 0. The third-order valence-corrected chi connectivity index (χ3v) is 2.92. The zero-order valence-electron chi connectivity index (χ0n) is 8.05. The number of nitrogens with one attached hydrogen (secondary N) is 2. The van der Waals surface area contributed by atoms with E-state index in [1.807, 2.05) is 4.90 Å². The summed E-state index contributed by atoms with van der Waals surface area (Å²) in [4.78, 5) is 13.9. The molecule has 0 radical (unpaired) electrons. The number of rotatable bonds is 1. The number of piperazine rings is 1. The molecule has 2 saturated heterocycles. The van der Waals surface area contributed by atoms with Gasteiger partial charge in [-0.15, -0.1) is 0 Å². The summed E-state index contributed by atoms with van der Waals surface area (Å²) in [6, 6.07) is 0.363. The highest BCUT2D eigenvalue weighted by atomic mass is 16.2. The van der Waals surface area contributed by atoms with E-state index in [2.05, 4.69) is 17.6 Å². The van der Waals surface area contributed by atoms with Gasteiger partial charge in [0.25, 0.3) is 0 Å². The maximum Gasteiger partial charge on any atom is 0.228 e. The summed E-state index contributed by atoms with van der Waals surface area (Å²) in [5.74, 6) is 0.591. The van der Waals surface area contributed by atoms with E-state index in [0.29, 0.717) is 11.9 Å². The molecule has 0 bridgehead atoms. The monoisotopic (exact) mass is 183 g/mol. The molecule has 4 nitrogen and oxygen atoms in total. The van der Waals surface area contributed by atoms with Crippen molar-refractivity contribution in [3.8, 4) is 0 Å². The molecule has 4 heteroatoms. The van der Waals surface area contributed by atoms with Gasteiger partial charge in [0, 0.05) is 38.8 Å². The van der Waals surface area contributed by atoms with Crippen molar-refractivity contribution in [3.63, 3.8) is 0 Å². The van der Waals surface area contributed by atoms with Gasteiger partial charge in [0.15, 0.2) is 0 Å². The summed E-state index contributed by atoms with van der Waals surface area (Å²) in [7, 11) is 0. The SMILES string of the molecule is C[C@@H]1CNCCN1C(=O)C1CNC1. The highest BCUT2D eigenvalue weighted by molar-refractivity contribution is 5.80. The molecule has 2 N–H and O–H groups in total. The van der Waals surface area contributed by atoms with E-state index in [0.717, 1.165) is 32.7 Å². The lowest BCUT2D eigenvalue weighted by atomic mass is 10.0. The van der Waals surface area contributed by atoms with Crippen molar-refractivity contribution in [1.82, 2.24) is 15.5 Å². The van der Waals surface area contributed by atoms with Crippen LogP contribution in [0.1, 0.15) is 6.92 Å². The van der Waals surface area contributed by atoms with Crippen molar-refractivity contribution in [2.45, 2.75) is 13.0 Å². The Kier molecular flexibility index (Phi) is 2.51. The second-order valence-electron chi connectivity index (χ2n) is 3.94. The first kappa shape index (κ1) is 8.97. The van der Waals surface area contributed by atoms with Crippen LogP contribution in [0.2, 0.25) is 0 Å². The Morgan fingerprint density at radius 3 is 2.62 bits per heavy atom. The molecule has 1 amide bonds. The largest absolute Gasteiger partial charge is 0.337 e. The molecule has 74 valence electrons. The van der Waals surface area contributed by atoms with Gasteiger partial charge >= 0.3 is 0 Å². The lowest BCUT2D eigenvalue weighted by molar-refractivity contribution is -0.139. The quantitative estimate of drug-likeness (QED) is 0.549. The van der Waals surface area contributed by atoms with Gasteiger partial charge in [-0.1, -0.05) is 0 Å². The van der Waals surface area contributed by atoms with E-state index in [1.54, 1.807) is 0 Å². The van der Waals surface area contributed by atoms with Crippen molar-refractivity contribution < 1.29 is 4.79 Å². The molecule has 13 heavy (non-hydrogen) atoms. The first-order chi connectivity index (χ1) is 6.29. The maximum atomic E-state index is 11.8. The molecule has 0 saturated carbocycles. The molecular formula is C9H17N3O. The highest BCUT2D eigenvalue weighted by Gasteiger charge is 2.32. The number of nitrogens with zero attached hydrogens (tertiary/aromatic N) is 1. The van der Waals surface area contributed by atoms with Crippen molar-refractivity contribution in [2.75, 3.05) is 32.7 Å². The van der Waals surface area contributed by atoms with Crippen molar-refractivity contribution >= 4 is 5.91 Å². The Labute approximate surface area is 78.7 Å². The maximum absolute atomic E-state index is 11.8. The minimum atomic E-state index is 0.251. The fraction of sp³-hybridized carbons (Fsp3) is 0.889. The molecule has 0 aliphatic carbocycles. The molecule has 2 heterocycles. The van der Waals surface area contributed by atoms with Crippen LogP contribution in [-0.2, 0) is 4.79 Å². The minimum absolute atomic E-state index is 0.251. The van der Waals surface area contributed by atoms with Crippen LogP contribution in [0, 0.1) is 5.92 Å². The second-order valence-corrected chi connectivity index (χ2v) is 3.94. The van der Waals surface area contributed by atoms with E-state index < -0.39 is 0 Å². The second kappa shape index (κ2) is 3.64.